The molecule has 0 spiro atoms. The highest BCUT2D eigenvalue weighted by molar-refractivity contribution is 5.06. The van der Waals surface area contributed by atoms with Crippen LogP contribution in [0.2, 0.25) is 0 Å². The highest BCUT2D eigenvalue weighted by atomic mass is 15.2. The van der Waals surface area contributed by atoms with E-state index in [2.05, 4.69) is 24.3 Å². The van der Waals surface area contributed by atoms with Gasteiger partial charge in [-0.15, -0.1) is 0 Å². The predicted molar refractivity (Wildman–Crippen MR) is 42.0 cm³/mol. The van der Waals surface area contributed by atoms with Crippen LogP contribution in [0.1, 0.15) is 12.8 Å². The van der Waals surface area contributed by atoms with Crippen LogP contribution < -0.4 is 5.32 Å². The minimum atomic E-state index is 0.512. The third-order valence-electron chi connectivity index (χ3n) is 3.03. The first-order chi connectivity index (χ1) is 4.74. The van der Waals surface area contributed by atoms with Crippen molar-refractivity contribution in [2.45, 2.75) is 18.4 Å². The molecule has 2 aliphatic heterocycles. The molecule has 0 unspecified atom stereocenters. The van der Waals surface area contributed by atoms with Crippen LogP contribution >= 0.6 is 0 Å². The zero-order chi connectivity index (χ0) is 7.19. The SMILES string of the molecule is CNC12CC(CN(C)C1)C2. The molecule has 3 aliphatic rings. The molecule has 0 atom stereocenters. The lowest BCUT2D eigenvalue weighted by molar-refractivity contribution is -0.00405. The van der Waals surface area contributed by atoms with Gasteiger partial charge >= 0.3 is 0 Å². The first-order valence-corrected chi connectivity index (χ1v) is 4.12. The zero-order valence-corrected chi connectivity index (χ0v) is 6.85. The van der Waals surface area contributed by atoms with Crippen molar-refractivity contribution < 1.29 is 0 Å². The number of likely N-dealkylation sites (N-methyl/N-ethyl adjacent to an activating group) is 2. The maximum Gasteiger partial charge on any atom is 0.0312 e. The molecule has 1 N–H and O–H groups in total. The molecular weight excluding hydrogens is 124 g/mol. The first kappa shape index (κ1) is 6.62. The van der Waals surface area contributed by atoms with Crippen molar-refractivity contribution in [2.24, 2.45) is 5.92 Å². The Morgan fingerprint density at radius 1 is 1.50 bits per heavy atom. The third kappa shape index (κ3) is 0.789. The van der Waals surface area contributed by atoms with Crippen LogP contribution in [0.25, 0.3) is 0 Å². The smallest absolute Gasteiger partial charge is 0.0312 e. The summed E-state index contributed by atoms with van der Waals surface area (Å²) in [4.78, 5) is 2.44. The van der Waals surface area contributed by atoms with Gasteiger partial charge in [0.05, 0.1) is 0 Å². The first-order valence-electron chi connectivity index (χ1n) is 4.12. The fraction of sp³-hybridized carbons (Fsp3) is 1.00. The Labute approximate surface area is 62.6 Å². The van der Waals surface area contributed by atoms with Gasteiger partial charge in [0.15, 0.2) is 0 Å². The Morgan fingerprint density at radius 2 is 2.20 bits per heavy atom. The van der Waals surface area contributed by atoms with Crippen molar-refractivity contribution in [3.8, 4) is 0 Å². The van der Waals surface area contributed by atoms with E-state index in [9.17, 15) is 0 Å². The second-order valence-corrected chi connectivity index (χ2v) is 4.00. The topological polar surface area (TPSA) is 15.3 Å². The molecule has 0 aromatic heterocycles. The summed E-state index contributed by atoms with van der Waals surface area (Å²) < 4.78 is 0. The van der Waals surface area contributed by atoms with E-state index in [1.807, 2.05) is 0 Å². The lowest BCUT2D eigenvalue weighted by atomic mass is 9.65. The number of nitrogens with one attached hydrogen (secondary N) is 1. The molecule has 58 valence electrons. The number of hydrogen-bond acceptors (Lipinski definition) is 2. The van der Waals surface area contributed by atoms with Gasteiger partial charge in [0.2, 0.25) is 0 Å². The van der Waals surface area contributed by atoms with Crippen LogP contribution in [-0.2, 0) is 0 Å². The van der Waals surface area contributed by atoms with E-state index < -0.39 is 0 Å². The van der Waals surface area contributed by atoms with Gasteiger partial charge < -0.3 is 10.2 Å². The van der Waals surface area contributed by atoms with E-state index in [0.717, 1.165) is 5.92 Å². The largest absolute Gasteiger partial charge is 0.313 e. The summed E-state index contributed by atoms with van der Waals surface area (Å²) in [6, 6.07) is 0. The highest BCUT2D eigenvalue weighted by Gasteiger charge is 2.47. The van der Waals surface area contributed by atoms with Gasteiger partial charge in [-0.05, 0) is 32.9 Å². The molecule has 2 heteroatoms. The zero-order valence-electron chi connectivity index (χ0n) is 6.85. The van der Waals surface area contributed by atoms with E-state index in [0.29, 0.717) is 5.54 Å². The Kier molecular flexibility index (Phi) is 1.29. The van der Waals surface area contributed by atoms with E-state index >= 15 is 0 Å². The summed E-state index contributed by atoms with van der Waals surface area (Å²) in [7, 11) is 4.31. The fourth-order valence-corrected chi connectivity index (χ4v) is 2.61. The minimum Gasteiger partial charge on any atom is -0.313 e. The third-order valence-corrected chi connectivity index (χ3v) is 3.03. The van der Waals surface area contributed by atoms with E-state index in [-0.39, 0.29) is 0 Å². The summed E-state index contributed by atoms with van der Waals surface area (Å²) in [5.41, 5.74) is 0.512. The van der Waals surface area contributed by atoms with Crippen LogP contribution in [0.5, 0.6) is 0 Å². The van der Waals surface area contributed by atoms with E-state index in [1.54, 1.807) is 0 Å². The van der Waals surface area contributed by atoms with Crippen molar-refractivity contribution in [1.82, 2.24) is 10.2 Å². The van der Waals surface area contributed by atoms with Crippen molar-refractivity contribution >= 4 is 0 Å². The Morgan fingerprint density at radius 3 is 2.60 bits per heavy atom. The molecule has 0 aromatic carbocycles. The van der Waals surface area contributed by atoms with Gasteiger partial charge in [0.25, 0.3) is 0 Å². The molecule has 0 radical (unpaired) electrons. The van der Waals surface area contributed by atoms with Crippen molar-refractivity contribution in [1.29, 1.82) is 0 Å². The monoisotopic (exact) mass is 140 g/mol. The molecule has 0 aromatic rings. The molecule has 3 rings (SSSR count). The van der Waals surface area contributed by atoms with Crippen molar-refractivity contribution in [3.05, 3.63) is 0 Å². The molecule has 2 saturated heterocycles. The van der Waals surface area contributed by atoms with Crippen LogP contribution in [0.15, 0.2) is 0 Å². The predicted octanol–water partition coefficient (Wildman–Crippen LogP) is 0.300. The number of piperidine rings is 2. The van der Waals surface area contributed by atoms with Gasteiger partial charge in [-0.25, -0.2) is 0 Å². The molecule has 2 nitrogen and oxygen atoms in total. The van der Waals surface area contributed by atoms with Crippen LogP contribution in [-0.4, -0.2) is 37.6 Å². The van der Waals surface area contributed by atoms with Gasteiger partial charge in [-0.1, -0.05) is 0 Å². The van der Waals surface area contributed by atoms with E-state index in [4.69, 9.17) is 0 Å². The lowest BCUT2D eigenvalue weighted by Gasteiger charge is -2.55. The molecule has 1 saturated carbocycles. The summed E-state index contributed by atoms with van der Waals surface area (Å²) in [6.45, 7) is 2.57. The number of fused-ring (bicyclic) bond motifs is 2. The van der Waals surface area contributed by atoms with Gasteiger partial charge in [0, 0.05) is 18.6 Å². The van der Waals surface area contributed by atoms with Crippen LogP contribution in [0, 0.1) is 5.92 Å². The average molecular weight is 140 g/mol. The molecule has 2 bridgehead atoms. The summed E-state index contributed by atoms with van der Waals surface area (Å²) >= 11 is 0. The number of nitrogens with zero attached hydrogens (tertiary/aromatic N) is 1. The van der Waals surface area contributed by atoms with Crippen LogP contribution in [0.3, 0.4) is 0 Å². The molecule has 0 amide bonds. The lowest BCUT2D eigenvalue weighted by Crippen LogP contribution is -2.66. The summed E-state index contributed by atoms with van der Waals surface area (Å²) in [5, 5.41) is 3.44. The second kappa shape index (κ2) is 1.95. The standard InChI is InChI=1S/C8H16N2/c1-9-8-3-7(4-8)5-10(2)6-8/h7,9H,3-6H2,1-2H3. The fourth-order valence-electron chi connectivity index (χ4n) is 2.61. The Bertz CT molecular complexity index is 138. The van der Waals surface area contributed by atoms with Crippen molar-refractivity contribution in [3.63, 3.8) is 0 Å². The Hall–Kier alpha value is -0.0800. The van der Waals surface area contributed by atoms with Crippen molar-refractivity contribution in [2.75, 3.05) is 27.2 Å². The molecule has 2 heterocycles. The summed E-state index contributed by atoms with van der Waals surface area (Å²) in [6.07, 6.45) is 2.82. The maximum atomic E-state index is 3.44. The average Bonchev–Trinajstić information content (AvgIpc) is 1.84. The van der Waals surface area contributed by atoms with E-state index in [1.165, 1.54) is 25.9 Å². The molecule has 3 fully saturated rings. The number of hydrogen-bond donors (Lipinski definition) is 1. The quantitative estimate of drug-likeness (QED) is 0.563. The molecule has 10 heavy (non-hydrogen) atoms. The van der Waals surface area contributed by atoms with Gasteiger partial charge in [-0.2, -0.15) is 0 Å². The summed E-state index contributed by atoms with van der Waals surface area (Å²) in [5.74, 6) is 0.992. The second-order valence-electron chi connectivity index (χ2n) is 4.00. The van der Waals surface area contributed by atoms with Gasteiger partial charge in [0.1, 0.15) is 0 Å². The molecular formula is C8H16N2. The molecule has 1 aliphatic carbocycles. The maximum absolute atomic E-state index is 3.44. The number of rotatable bonds is 1. The van der Waals surface area contributed by atoms with Crippen LogP contribution in [0.4, 0.5) is 0 Å². The highest BCUT2D eigenvalue weighted by Crippen LogP contribution is 2.42. The normalized spacial score (nSPS) is 46.8. The Balaban J connectivity index is 2.03. The van der Waals surface area contributed by atoms with Gasteiger partial charge in [-0.3, -0.25) is 0 Å². The minimum absolute atomic E-state index is 0.512.